The molecule has 1 heterocycles. The van der Waals surface area contributed by atoms with Crippen LogP contribution in [0.4, 0.5) is 0 Å². The summed E-state index contributed by atoms with van der Waals surface area (Å²) < 4.78 is 0. The molecule has 2 aromatic rings. The molecule has 1 saturated heterocycles. The normalized spacial score (nSPS) is 20.0. The van der Waals surface area contributed by atoms with Gasteiger partial charge in [0.15, 0.2) is 5.96 Å². The molecule has 2 aromatic carbocycles. The molecule has 2 N–H and O–H groups in total. The molecule has 31 heavy (non-hydrogen) atoms. The van der Waals surface area contributed by atoms with Crippen molar-refractivity contribution in [3.8, 4) is 0 Å². The van der Waals surface area contributed by atoms with Gasteiger partial charge < -0.3 is 15.5 Å². The zero-order chi connectivity index (χ0) is 20.8. The third-order valence-corrected chi connectivity index (χ3v) is 6.14. The average molecular weight is 532 g/mol. The van der Waals surface area contributed by atoms with Gasteiger partial charge in [0.25, 0.3) is 0 Å². The number of hydrogen-bond acceptors (Lipinski definition) is 2. The first kappa shape index (κ1) is 23.6. The summed E-state index contributed by atoms with van der Waals surface area (Å²) >= 11 is 0. The largest absolute Gasteiger partial charge is 0.357 e. The summed E-state index contributed by atoms with van der Waals surface area (Å²) in [4.78, 5) is 19.2. The van der Waals surface area contributed by atoms with Crippen LogP contribution in [0.25, 0.3) is 0 Å². The van der Waals surface area contributed by atoms with Crippen molar-refractivity contribution in [2.45, 2.75) is 32.1 Å². The molecular formula is C25H33IN4O. The van der Waals surface area contributed by atoms with Crippen LogP contribution in [-0.2, 0) is 17.6 Å². The summed E-state index contributed by atoms with van der Waals surface area (Å²) in [6.07, 6.45) is 2.65. The van der Waals surface area contributed by atoms with E-state index < -0.39 is 0 Å². The Morgan fingerprint density at radius 1 is 1.06 bits per heavy atom. The average Bonchev–Trinajstić information content (AvgIpc) is 3.11. The Bertz CT molecular complexity index is 886. The highest BCUT2D eigenvalue weighted by molar-refractivity contribution is 14.0. The lowest BCUT2D eigenvalue weighted by atomic mass is 9.78. The van der Waals surface area contributed by atoms with Gasteiger partial charge >= 0.3 is 0 Å². The quantitative estimate of drug-likeness (QED) is 0.311. The van der Waals surface area contributed by atoms with Crippen molar-refractivity contribution >= 4 is 35.8 Å². The Balaban J connectivity index is 0.00000272. The summed E-state index contributed by atoms with van der Waals surface area (Å²) in [7, 11) is 0. The van der Waals surface area contributed by atoms with E-state index in [0.29, 0.717) is 24.8 Å². The molecule has 4 rings (SSSR count). The summed E-state index contributed by atoms with van der Waals surface area (Å²) in [6, 6.07) is 19.0. The number of benzene rings is 2. The number of amides is 1. The Kier molecular flexibility index (Phi) is 8.75. The molecule has 0 saturated carbocycles. The number of halogens is 1. The Hall–Kier alpha value is -2.09. The van der Waals surface area contributed by atoms with E-state index >= 15 is 0 Å². The van der Waals surface area contributed by atoms with Crippen molar-refractivity contribution in [2.24, 2.45) is 10.9 Å². The zero-order valence-electron chi connectivity index (χ0n) is 18.2. The zero-order valence-corrected chi connectivity index (χ0v) is 20.5. The third-order valence-electron chi connectivity index (χ3n) is 6.14. The van der Waals surface area contributed by atoms with Gasteiger partial charge in [-0.25, -0.2) is 0 Å². The van der Waals surface area contributed by atoms with Gasteiger partial charge in [-0.1, -0.05) is 54.6 Å². The second kappa shape index (κ2) is 11.5. The molecule has 0 bridgehead atoms. The molecule has 0 radical (unpaired) electrons. The standard InChI is InChI=1S/C25H32N4O.HI/c1-2-26-25(28-17-22-15-21-10-6-7-11-23(21)22)27-16-20-14-24(30)29(18-20)13-12-19-8-4-3-5-9-19;/h3-11,20,22H,2,12-18H2,1H3,(H2,26,27,28);1H. The number of rotatable bonds is 8. The van der Waals surface area contributed by atoms with Crippen LogP contribution in [0.15, 0.2) is 59.6 Å². The van der Waals surface area contributed by atoms with Gasteiger partial charge in [0.2, 0.25) is 5.91 Å². The summed E-state index contributed by atoms with van der Waals surface area (Å²) in [5, 5.41) is 6.84. The highest BCUT2D eigenvalue weighted by Gasteiger charge is 2.29. The molecule has 1 amide bonds. The van der Waals surface area contributed by atoms with E-state index in [4.69, 9.17) is 4.99 Å². The minimum atomic E-state index is 0. The maximum absolute atomic E-state index is 12.4. The van der Waals surface area contributed by atoms with E-state index in [1.54, 1.807) is 0 Å². The molecule has 0 aromatic heterocycles. The van der Waals surface area contributed by atoms with Crippen LogP contribution in [0.3, 0.4) is 0 Å². The Morgan fingerprint density at radius 3 is 2.61 bits per heavy atom. The van der Waals surface area contributed by atoms with Crippen LogP contribution in [0.5, 0.6) is 0 Å². The number of aliphatic imine (C=N–C) groups is 1. The smallest absolute Gasteiger partial charge is 0.223 e. The van der Waals surface area contributed by atoms with Crippen LogP contribution in [0.2, 0.25) is 0 Å². The van der Waals surface area contributed by atoms with Gasteiger partial charge in [-0.15, -0.1) is 24.0 Å². The van der Waals surface area contributed by atoms with Crippen LogP contribution in [-0.4, -0.2) is 49.5 Å². The van der Waals surface area contributed by atoms with Gasteiger partial charge in [-0.3, -0.25) is 9.79 Å². The molecule has 2 atom stereocenters. The Labute approximate surface area is 202 Å². The van der Waals surface area contributed by atoms with E-state index in [2.05, 4.69) is 66.1 Å². The number of guanidine groups is 1. The first-order valence-corrected chi connectivity index (χ1v) is 11.1. The molecule has 2 unspecified atom stereocenters. The molecular weight excluding hydrogens is 499 g/mol. The summed E-state index contributed by atoms with van der Waals surface area (Å²) in [5.74, 6) is 1.98. The maximum Gasteiger partial charge on any atom is 0.223 e. The van der Waals surface area contributed by atoms with Gasteiger partial charge in [0.1, 0.15) is 0 Å². The van der Waals surface area contributed by atoms with Crippen LogP contribution >= 0.6 is 24.0 Å². The van der Waals surface area contributed by atoms with E-state index in [1.165, 1.54) is 16.7 Å². The maximum atomic E-state index is 12.4. The minimum Gasteiger partial charge on any atom is -0.357 e. The monoisotopic (exact) mass is 532 g/mol. The predicted octanol–water partition coefficient (Wildman–Crippen LogP) is 3.59. The lowest BCUT2D eigenvalue weighted by molar-refractivity contribution is -0.127. The number of hydrogen-bond donors (Lipinski definition) is 2. The molecule has 5 nitrogen and oxygen atoms in total. The molecule has 1 fully saturated rings. The van der Waals surface area contributed by atoms with Crippen LogP contribution < -0.4 is 10.6 Å². The SMILES string of the molecule is CCNC(=NCC1CC(=O)N(CCc2ccccc2)C1)NCC1Cc2ccccc21.I. The van der Waals surface area contributed by atoms with E-state index in [-0.39, 0.29) is 29.9 Å². The molecule has 1 aliphatic heterocycles. The number of nitrogens with one attached hydrogen (secondary N) is 2. The van der Waals surface area contributed by atoms with Crippen molar-refractivity contribution in [3.05, 3.63) is 71.3 Å². The number of fused-ring (bicyclic) bond motifs is 1. The lowest BCUT2D eigenvalue weighted by Gasteiger charge is -2.30. The lowest BCUT2D eigenvalue weighted by Crippen LogP contribution is -2.41. The number of carbonyl (C=O) groups is 1. The summed E-state index contributed by atoms with van der Waals surface area (Å²) in [5.41, 5.74) is 4.20. The molecule has 6 heteroatoms. The number of carbonyl (C=O) groups excluding carboxylic acids is 1. The fourth-order valence-electron chi connectivity index (χ4n) is 4.43. The van der Waals surface area contributed by atoms with Crippen molar-refractivity contribution in [1.82, 2.24) is 15.5 Å². The van der Waals surface area contributed by atoms with E-state index in [0.717, 1.165) is 45.0 Å². The fourth-order valence-corrected chi connectivity index (χ4v) is 4.43. The van der Waals surface area contributed by atoms with Gasteiger partial charge in [0, 0.05) is 51.0 Å². The van der Waals surface area contributed by atoms with Gasteiger partial charge in [-0.05, 0) is 36.5 Å². The molecule has 166 valence electrons. The van der Waals surface area contributed by atoms with Crippen LogP contribution in [0.1, 0.15) is 36.0 Å². The van der Waals surface area contributed by atoms with Gasteiger partial charge in [0.05, 0.1) is 0 Å². The van der Waals surface area contributed by atoms with Crippen molar-refractivity contribution in [3.63, 3.8) is 0 Å². The van der Waals surface area contributed by atoms with E-state index in [1.807, 2.05) is 11.0 Å². The van der Waals surface area contributed by atoms with Crippen molar-refractivity contribution in [2.75, 3.05) is 32.7 Å². The summed E-state index contributed by atoms with van der Waals surface area (Å²) in [6.45, 7) is 6.10. The second-order valence-corrected chi connectivity index (χ2v) is 8.35. The number of likely N-dealkylation sites (tertiary alicyclic amines) is 1. The first-order chi connectivity index (χ1) is 14.7. The van der Waals surface area contributed by atoms with Crippen molar-refractivity contribution in [1.29, 1.82) is 0 Å². The molecule has 2 aliphatic rings. The second-order valence-electron chi connectivity index (χ2n) is 8.35. The van der Waals surface area contributed by atoms with E-state index in [9.17, 15) is 4.79 Å². The fraction of sp³-hybridized carbons (Fsp3) is 0.440. The Morgan fingerprint density at radius 2 is 1.84 bits per heavy atom. The highest BCUT2D eigenvalue weighted by atomic mass is 127. The minimum absolute atomic E-state index is 0. The van der Waals surface area contributed by atoms with Crippen LogP contribution in [0, 0.1) is 5.92 Å². The van der Waals surface area contributed by atoms with Crippen molar-refractivity contribution < 1.29 is 4.79 Å². The topological polar surface area (TPSA) is 56.7 Å². The molecule has 0 spiro atoms. The first-order valence-electron chi connectivity index (χ1n) is 11.1. The number of nitrogens with zero attached hydrogens (tertiary/aromatic N) is 2. The van der Waals surface area contributed by atoms with Gasteiger partial charge in [-0.2, -0.15) is 0 Å². The third kappa shape index (κ3) is 6.21. The highest BCUT2D eigenvalue weighted by Crippen LogP contribution is 2.33. The predicted molar refractivity (Wildman–Crippen MR) is 137 cm³/mol. The molecule has 1 aliphatic carbocycles.